The Bertz CT molecular complexity index is 286. The van der Waals surface area contributed by atoms with Crippen LogP contribution in [0.3, 0.4) is 0 Å². The summed E-state index contributed by atoms with van der Waals surface area (Å²) in [6, 6.07) is 0.635. The molecule has 1 aliphatic heterocycles. The highest BCUT2D eigenvalue weighted by molar-refractivity contribution is 5.68. The van der Waals surface area contributed by atoms with Crippen LogP contribution in [0.5, 0.6) is 0 Å². The fourth-order valence-corrected chi connectivity index (χ4v) is 2.37. The van der Waals surface area contributed by atoms with Gasteiger partial charge in [0, 0.05) is 25.2 Å². The van der Waals surface area contributed by atoms with E-state index in [1.807, 2.05) is 25.7 Å². The second-order valence-corrected chi connectivity index (χ2v) is 6.33. The van der Waals surface area contributed by atoms with Crippen molar-refractivity contribution in [2.24, 2.45) is 0 Å². The van der Waals surface area contributed by atoms with Crippen molar-refractivity contribution in [2.45, 2.75) is 65.6 Å². The van der Waals surface area contributed by atoms with Gasteiger partial charge < -0.3 is 9.64 Å². The maximum atomic E-state index is 12.1. The number of piperazine rings is 1. The van der Waals surface area contributed by atoms with Gasteiger partial charge in [-0.3, -0.25) is 4.90 Å². The van der Waals surface area contributed by atoms with Gasteiger partial charge in [-0.15, -0.1) is 0 Å². The summed E-state index contributed by atoms with van der Waals surface area (Å²) >= 11 is 0. The first-order valence-corrected chi connectivity index (χ1v) is 6.98. The zero-order chi connectivity index (χ0) is 13.9. The molecule has 0 N–H and O–H groups in total. The minimum Gasteiger partial charge on any atom is -0.444 e. The average molecular weight is 256 g/mol. The number of amides is 1. The molecule has 0 aromatic carbocycles. The highest BCUT2D eigenvalue weighted by Gasteiger charge is 2.33. The van der Waals surface area contributed by atoms with Crippen LogP contribution < -0.4 is 0 Å². The maximum absolute atomic E-state index is 12.1. The van der Waals surface area contributed by atoms with Crippen molar-refractivity contribution in [1.82, 2.24) is 9.80 Å². The van der Waals surface area contributed by atoms with E-state index in [2.05, 4.69) is 25.7 Å². The van der Waals surface area contributed by atoms with E-state index >= 15 is 0 Å². The van der Waals surface area contributed by atoms with Crippen molar-refractivity contribution >= 4 is 6.09 Å². The van der Waals surface area contributed by atoms with Gasteiger partial charge in [0.25, 0.3) is 0 Å². The molecule has 0 aromatic heterocycles. The van der Waals surface area contributed by atoms with Gasteiger partial charge in [0.1, 0.15) is 5.60 Å². The minimum atomic E-state index is -0.416. The van der Waals surface area contributed by atoms with Crippen LogP contribution in [0.4, 0.5) is 4.79 Å². The average Bonchev–Trinajstić information content (AvgIpc) is 2.20. The summed E-state index contributed by atoms with van der Waals surface area (Å²) in [7, 11) is 0. The van der Waals surface area contributed by atoms with Crippen molar-refractivity contribution < 1.29 is 9.53 Å². The Morgan fingerprint density at radius 2 is 1.83 bits per heavy atom. The SMILES string of the molecule is CCCN1C[C@H](C)N(C(=O)OC(C)(C)C)C[C@H]1C. The van der Waals surface area contributed by atoms with Crippen LogP contribution in [0.25, 0.3) is 0 Å². The molecule has 4 nitrogen and oxygen atoms in total. The van der Waals surface area contributed by atoms with Gasteiger partial charge in [0.05, 0.1) is 0 Å². The van der Waals surface area contributed by atoms with E-state index < -0.39 is 5.60 Å². The third-order valence-corrected chi connectivity index (χ3v) is 3.25. The monoisotopic (exact) mass is 256 g/mol. The molecule has 0 spiro atoms. The first kappa shape index (κ1) is 15.3. The second kappa shape index (κ2) is 5.91. The lowest BCUT2D eigenvalue weighted by atomic mass is 10.1. The molecule has 1 saturated heterocycles. The van der Waals surface area contributed by atoms with E-state index in [-0.39, 0.29) is 12.1 Å². The van der Waals surface area contributed by atoms with Crippen LogP contribution in [0.2, 0.25) is 0 Å². The quantitative estimate of drug-likeness (QED) is 0.761. The van der Waals surface area contributed by atoms with Gasteiger partial charge in [-0.25, -0.2) is 4.79 Å². The van der Waals surface area contributed by atoms with Crippen molar-refractivity contribution in [3.8, 4) is 0 Å². The summed E-state index contributed by atoms with van der Waals surface area (Å²) in [6.07, 6.45) is 0.974. The van der Waals surface area contributed by atoms with Gasteiger partial charge in [0.15, 0.2) is 0 Å². The number of carbonyl (C=O) groups excluding carboxylic acids is 1. The maximum Gasteiger partial charge on any atom is 0.410 e. The Balaban J connectivity index is 2.61. The van der Waals surface area contributed by atoms with Crippen molar-refractivity contribution in [3.63, 3.8) is 0 Å². The van der Waals surface area contributed by atoms with Crippen molar-refractivity contribution in [3.05, 3.63) is 0 Å². The summed E-state index contributed by atoms with van der Waals surface area (Å²) in [5.41, 5.74) is -0.416. The van der Waals surface area contributed by atoms with Crippen LogP contribution in [0.15, 0.2) is 0 Å². The molecule has 0 bridgehead atoms. The van der Waals surface area contributed by atoms with Gasteiger partial charge in [-0.05, 0) is 47.6 Å². The Morgan fingerprint density at radius 3 is 2.33 bits per heavy atom. The normalized spacial score (nSPS) is 26.2. The summed E-state index contributed by atoms with van der Waals surface area (Å²) in [4.78, 5) is 16.4. The molecule has 0 unspecified atom stereocenters. The van der Waals surface area contributed by atoms with Crippen LogP contribution in [0.1, 0.15) is 48.0 Å². The van der Waals surface area contributed by atoms with Crippen molar-refractivity contribution in [2.75, 3.05) is 19.6 Å². The molecule has 0 aliphatic carbocycles. The molecule has 18 heavy (non-hydrogen) atoms. The fourth-order valence-electron chi connectivity index (χ4n) is 2.37. The fraction of sp³-hybridized carbons (Fsp3) is 0.929. The molecule has 0 aromatic rings. The van der Waals surface area contributed by atoms with Gasteiger partial charge in [0.2, 0.25) is 0 Å². The Morgan fingerprint density at radius 1 is 1.22 bits per heavy atom. The smallest absolute Gasteiger partial charge is 0.410 e. The molecule has 1 aliphatic rings. The van der Waals surface area contributed by atoms with E-state index in [1.54, 1.807) is 0 Å². The molecule has 1 rings (SSSR count). The predicted molar refractivity (Wildman–Crippen MR) is 73.7 cm³/mol. The first-order chi connectivity index (χ1) is 8.24. The zero-order valence-corrected chi connectivity index (χ0v) is 12.7. The summed E-state index contributed by atoms with van der Waals surface area (Å²) in [5, 5.41) is 0. The van der Waals surface area contributed by atoms with Crippen molar-refractivity contribution in [1.29, 1.82) is 0 Å². The van der Waals surface area contributed by atoms with Gasteiger partial charge in [-0.2, -0.15) is 0 Å². The van der Waals surface area contributed by atoms with E-state index in [0.29, 0.717) is 6.04 Å². The standard InChI is InChI=1S/C14H28N2O2/c1-7-8-15-9-12(3)16(10-11(15)2)13(17)18-14(4,5)6/h11-12H,7-10H2,1-6H3/t11-,12+/m1/s1. The lowest BCUT2D eigenvalue weighted by Gasteiger charge is -2.44. The largest absolute Gasteiger partial charge is 0.444 e. The topological polar surface area (TPSA) is 32.8 Å². The number of hydrogen-bond acceptors (Lipinski definition) is 3. The molecular weight excluding hydrogens is 228 g/mol. The predicted octanol–water partition coefficient (Wildman–Crippen LogP) is 2.73. The number of nitrogens with zero attached hydrogens (tertiary/aromatic N) is 2. The van der Waals surface area contributed by atoms with Gasteiger partial charge in [-0.1, -0.05) is 6.92 Å². The lowest BCUT2D eigenvalue weighted by molar-refractivity contribution is -0.00997. The summed E-state index contributed by atoms with van der Waals surface area (Å²) in [5.74, 6) is 0. The first-order valence-electron chi connectivity index (χ1n) is 6.98. The Labute approximate surface area is 111 Å². The number of rotatable bonds is 2. The Kier molecular flexibility index (Phi) is 5.02. The third-order valence-electron chi connectivity index (χ3n) is 3.25. The molecule has 1 fully saturated rings. The highest BCUT2D eigenvalue weighted by Crippen LogP contribution is 2.19. The lowest BCUT2D eigenvalue weighted by Crippen LogP contribution is -2.58. The van der Waals surface area contributed by atoms with E-state index in [9.17, 15) is 4.79 Å². The molecule has 1 heterocycles. The highest BCUT2D eigenvalue weighted by atomic mass is 16.6. The summed E-state index contributed by atoms with van der Waals surface area (Å²) in [6.45, 7) is 15.0. The third kappa shape index (κ3) is 4.16. The molecule has 1 amide bonds. The van der Waals surface area contributed by atoms with Crippen LogP contribution >= 0.6 is 0 Å². The molecule has 0 saturated carbocycles. The number of carbonyl (C=O) groups is 1. The van der Waals surface area contributed by atoms with E-state index in [4.69, 9.17) is 4.74 Å². The van der Waals surface area contributed by atoms with E-state index in [0.717, 1.165) is 26.1 Å². The van der Waals surface area contributed by atoms with Crippen LogP contribution in [-0.4, -0.2) is 53.2 Å². The van der Waals surface area contributed by atoms with E-state index in [1.165, 1.54) is 0 Å². The molecule has 106 valence electrons. The molecule has 2 atom stereocenters. The molecular formula is C14H28N2O2. The second-order valence-electron chi connectivity index (χ2n) is 6.33. The van der Waals surface area contributed by atoms with Crippen LogP contribution in [-0.2, 0) is 4.74 Å². The zero-order valence-electron chi connectivity index (χ0n) is 12.7. The number of hydrogen-bond donors (Lipinski definition) is 0. The molecule has 0 radical (unpaired) electrons. The van der Waals surface area contributed by atoms with Gasteiger partial charge >= 0.3 is 6.09 Å². The minimum absolute atomic E-state index is 0.182. The Hall–Kier alpha value is -0.770. The molecule has 4 heteroatoms. The number of ether oxygens (including phenoxy) is 1. The summed E-state index contributed by atoms with van der Waals surface area (Å²) < 4.78 is 5.46. The van der Waals surface area contributed by atoms with Crippen LogP contribution in [0, 0.1) is 0 Å².